The molecule has 1 aliphatic heterocycles. The van der Waals surface area contributed by atoms with Crippen LogP contribution in [0.25, 0.3) is 0 Å². The van der Waals surface area contributed by atoms with Gasteiger partial charge in [-0.3, -0.25) is 0 Å². The van der Waals surface area contributed by atoms with Gasteiger partial charge in [-0.1, -0.05) is 0 Å². The second kappa shape index (κ2) is 4.15. The lowest BCUT2D eigenvalue weighted by molar-refractivity contribution is -0.670. The van der Waals surface area contributed by atoms with E-state index in [-0.39, 0.29) is 0 Å². The summed E-state index contributed by atoms with van der Waals surface area (Å²) in [5, 5.41) is 0. The Morgan fingerprint density at radius 2 is 2.00 bits per heavy atom. The minimum atomic E-state index is -3.33. The van der Waals surface area contributed by atoms with E-state index < -0.39 is 10.2 Å². The maximum Gasteiger partial charge on any atom is 0.379 e. The third-order valence-corrected chi connectivity index (χ3v) is 5.02. The molecule has 2 rings (SSSR count). The van der Waals surface area contributed by atoms with Gasteiger partial charge in [0.1, 0.15) is 12.4 Å². The van der Waals surface area contributed by atoms with Gasteiger partial charge in [0.05, 0.1) is 7.05 Å². The Kier molecular flexibility index (Phi) is 3.03. The first-order chi connectivity index (χ1) is 7.10. The average Bonchev–Trinajstić information content (AvgIpc) is 2.67. The van der Waals surface area contributed by atoms with Gasteiger partial charge in [0.25, 0.3) is 6.33 Å². The van der Waals surface area contributed by atoms with Crippen LogP contribution in [0.15, 0.2) is 18.7 Å². The van der Waals surface area contributed by atoms with Crippen molar-refractivity contribution in [2.75, 3.05) is 24.6 Å². The van der Waals surface area contributed by atoms with Gasteiger partial charge in [-0.2, -0.15) is 24.5 Å². The van der Waals surface area contributed by atoms with Crippen molar-refractivity contribution < 1.29 is 13.0 Å². The van der Waals surface area contributed by atoms with Gasteiger partial charge >= 0.3 is 10.2 Å². The molecule has 2 heterocycles. The monoisotopic (exact) mass is 248 g/mol. The molecule has 5 nitrogen and oxygen atoms in total. The van der Waals surface area contributed by atoms with Gasteiger partial charge in [-0.15, -0.1) is 3.97 Å². The first-order valence-corrected chi connectivity index (χ1v) is 7.27. The van der Waals surface area contributed by atoms with Crippen LogP contribution in [0.5, 0.6) is 0 Å². The topological polar surface area (TPSA) is 46.2 Å². The van der Waals surface area contributed by atoms with Crippen molar-refractivity contribution in [3.63, 3.8) is 0 Å². The minimum absolute atomic E-state index is 0.606. The molecule has 84 valence electrons. The molecule has 0 bridgehead atoms. The smallest absolute Gasteiger partial charge is 0.238 e. The Bertz CT molecular complexity index is 434. The van der Waals surface area contributed by atoms with Gasteiger partial charge in [-0.25, -0.2) is 4.57 Å². The van der Waals surface area contributed by atoms with Crippen LogP contribution in [0.4, 0.5) is 0 Å². The first-order valence-electron chi connectivity index (χ1n) is 4.72. The van der Waals surface area contributed by atoms with Crippen molar-refractivity contribution in [1.82, 2.24) is 8.28 Å². The van der Waals surface area contributed by atoms with E-state index in [0.29, 0.717) is 13.1 Å². The van der Waals surface area contributed by atoms with Crippen molar-refractivity contribution in [2.45, 2.75) is 0 Å². The first kappa shape index (κ1) is 11.0. The van der Waals surface area contributed by atoms with Crippen LogP contribution in [-0.2, 0) is 17.3 Å². The molecule has 7 heteroatoms. The molecule has 0 unspecified atom stereocenters. The Hall–Kier alpha value is -0.530. The largest absolute Gasteiger partial charge is 0.379 e. The standard InChI is InChI=1S/C8H14N3O2S2/c1-9-2-3-11(8-9)15(12,13)10-4-6-14-7-5-10/h2-3,8H,4-7H2,1H3/q+1. The van der Waals surface area contributed by atoms with E-state index in [1.165, 1.54) is 8.28 Å². The number of imidazole rings is 1. The molecule has 1 saturated heterocycles. The summed E-state index contributed by atoms with van der Waals surface area (Å²) in [6, 6.07) is 0. The summed E-state index contributed by atoms with van der Waals surface area (Å²) in [7, 11) is -1.52. The SMILES string of the molecule is C[n+]1ccn(S(=O)(=O)N2CCSCC2)c1. The Balaban J connectivity index is 2.26. The highest BCUT2D eigenvalue weighted by Crippen LogP contribution is 2.14. The number of hydrogen-bond acceptors (Lipinski definition) is 3. The molecular formula is C8H14N3O2S2+. The van der Waals surface area contributed by atoms with Crippen molar-refractivity contribution in [3.05, 3.63) is 18.7 Å². The highest BCUT2D eigenvalue weighted by Gasteiger charge is 2.29. The molecule has 1 aliphatic rings. The highest BCUT2D eigenvalue weighted by molar-refractivity contribution is 7.99. The predicted molar refractivity (Wildman–Crippen MR) is 58.8 cm³/mol. The third kappa shape index (κ3) is 2.19. The maximum absolute atomic E-state index is 12.1. The lowest BCUT2D eigenvalue weighted by Gasteiger charge is -2.22. The summed E-state index contributed by atoms with van der Waals surface area (Å²) in [5.74, 6) is 1.76. The molecule has 0 amide bonds. The molecule has 0 aromatic carbocycles. The van der Waals surface area contributed by atoms with Crippen LogP contribution < -0.4 is 4.57 Å². The summed E-state index contributed by atoms with van der Waals surface area (Å²) in [6.07, 6.45) is 4.85. The Morgan fingerprint density at radius 1 is 1.33 bits per heavy atom. The summed E-state index contributed by atoms with van der Waals surface area (Å²) >= 11 is 1.79. The van der Waals surface area contributed by atoms with E-state index in [2.05, 4.69) is 0 Å². The third-order valence-electron chi connectivity index (χ3n) is 2.31. The number of hydrogen-bond donors (Lipinski definition) is 0. The summed E-state index contributed by atoms with van der Waals surface area (Å²) in [5.41, 5.74) is 0. The molecule has 0 atom stereocenters. The van der Waals surface area contributed by atoms with E-state index in [0.717, 1.165) is 11.5 Å². The van der Waals surface area contributed by atoms with Crippen LogP contribution in [-0.4, -0.2) is 41.3 Å². The molecule has 0 saturated carbocycles. The van der Waals surface area contributed by atoms with Gasteiger partial charge in [0.15, 0.2) is 0 Å². The number of thioether (sulfide) groups is 1. The van der Waals surface area contributed by atoms with Crippen LogP contribution in [0.1, 0.15) is 0 Å². The molecule has 15 heavy (non-hydrogen) atoms. The zero-order valence-electron chi connectivity index (χ0n) is 8.54. The lowest BCUT2D eigenvalue weighted by Crippen LogP contribution is -2.41. The molecule has 0 aliphatic carbocycles. The summed E-state index contributed by atoms with van der Waals surface area (Å²) in [6.45, 7) is 1.21. The average molecular weight is 248 g/mol. The Morgan fingerprint density at radius 3 is 2.53 bits per heavy atom. The van der Waals surface area contributed by atoms with Crippen molar-refractivity contribution in [2.24, 2.45) is 7.05 Å². The molecular weight excluding hydrogens is 234 g/mol. The second-order valence-corrected chi connectivity index (χ2v) is 6.49. The van der Waals surface area contributed by atoms with Crippen LogP contribution in [0.3, 0.4) is 0 Å². The molecule has 0 spiro atoms. The molecule has 0 radical (unpaired) electrons. The summed E-state index contributed by atoms with van der Waals surface area (Å²) in [4.78, 5) is 0. The van der Waals surface area contributed by atoms with E-state index in [4.69, 9.17) is 0 Å². The molecule has 0 N–H and O–H groups in total. The minimum Gasteiger partial charge on any atom is -0.238 e. The Labute approximate surface area is 93.9 Å². The number of aryl methyl sites for hydroxylation is 1. The zero-order valence-corrected chi connectivity index (χ0v) is 10.2. The fraction of sp³-hybridized carbons (Fsp3) is 0.625. The molecule has 1 aromatic rings. The second-order valence-electron chi connectivity index (χ2n) is 3.43. The normalized spacial score (nSPS) is 19.3. The van der Waals surface area contributed by atoms with Gasteiger partial charge in [-0.05, 0) is 0 Å². The molecule has 1 fully saturated rings. The zero-order chi connectivity index (χ0) is 10.9. The lowest BCUT2D eigenvalue weighted by atomic mass is 10.6. The predicted octanol–water partition coefficient (Wildman–Crippen LogP) is -0.546. The number of aromatic nitrogens is 2. The van der Waals surface area contributed by atoms with E-state index in [1.807, 2.05) is 0 Å². The van der Waals surface area contributed by atoms with Gasteiger partial charge in [0, 0.05) is 24.6 Å². The number of rotatable bonds is 2. The van der Waals surface area contributed by atoms with Crippen molar-refractivity contribution >= 4 is 22.0 Å². The van der Waals surface area contributed by atoms with Gasteiger partial charge in [0.2, 0.25) is 0 Å². The van der Waals surface area contributed by atoms with Crippen molar-refractivity contribution in [1.29, 1.82) is 0 Å². The quantitative estimate of drug-likeness (QED) is 0.660. The van der Waals surface area contributed by atoms with E-state index in [9.17, 15) is 8.42 Å². The van der Waals surface area contributed by atoms with Crippen LogP contribution in [0, 0.1) is 0 Å². The van der Waals surface area contributed by atoms with Gasteiger partial charge < -0.3 is 0 Å². The van der Waals surface area contributed by atoms with Crippen LogP contribution >= 0.6 is 11.8 Å². The van der Waals surface area contributed by atoms with E-state index >= 15 is 0 Å². The summed E-state index contributed by atoms with van der Waals surface area (Å²) < 4.78 is 28.7. The fourth-order valence-electron chi connectivity index (χ4n) is 1.47. The fourth-order valence-corrected chi connectivity index (χ4v) is 4.00. The highest BCUT2D eigenvalue weighted by atomic mass is 32.2. The van der Waals surface area contributed by atoms with E-state index in [1.54, 1.807) is 42.1 Å². The number of nitrogens with zero attached hydrogens (tertiary/aromatic N) is 3. The maximum atomic E-state index is 12.1. The van der Waals surface area contributed by atoms with Crippen molar-refractivity contribution in [3.8, 4) is 0 Å². The molecule has 1 aromatic heterocycles. The van der Waals surface area contributed by atoms with Crippen LogP contribution in [0.2, 0.25) is 0 Å².